The summed E-state index contributed by atoms with van der Waals surface area (Å²) < 4.78 is 26.3. The van der Waals surface area contributed by atoms with Crippen LogP contribution < -0.4 is 0 Å². The molecule has 132 valence electrons. The zero-order valence-corrected chi connectivity index (χ0v) is 13.8. The van der Waals surface area contributed by atoms with Gasteiger partial charge in [-0.25, -0.2) is 9.78 Å². The van der Waals surface area contributed by atoms with Crippen molar-refractivity contribution in [2.75, 3.05) is 26.4 Å². The van der Waals surface area contributed by atoms with Crippen LogP contribution in [-0.2, 0) is 28.7 Å². The maximum absolute atomic E-state index is 6.57. The highest BCUT2D eigenvalue weighted by Crippen LogP contribution is 3.00. The van der Waals surface area contributed by atoms with Crippen LogP contribution in [0.4, 0.5) is 0 Å². The van der Waals surface area contributed by atoms with Crippen LogP contribution in [0.2, 0.25) is 0 Å². The first-order chi connectivity index (χ1) is 12.3. The lowest BCUT2D eigenvalue weighted by atomic mass is 9.32. The van der Waals surface area contributed by atoms with Gasteiger partial charge in [0, 0.05) is 11.8 Å². The minimum Gasteiger partial charge on any atom is -0.346 e. The van der Waals surface area contributed by atoms with Crippen molar-refractivity contribution in [3.05, 3.63) is 12.2 Å². The lowest BCUT2D eigenvalue weighted by Gasteiger charge is -2.77. The lowest BCUT2D eigenvalue weighted by Crippen LogP contribution is -2.88. The van der Waals surface area contributed by atoms with Crippen LogP contribution in [0.15, 0.2) is 12.2 Å². The van der Waals surface area contributed by atoms with E-state index in [9.17, 15) is 0 Å². The second-order valence-corrected chi connectivity index (χ2v) is 9.55. The maximum Gasteiger partial charge on any atom is 0.181 e. The Morgan fingerprint density at radius 1 is 0.600 bits per heavy atom. The first-order valence-corrected chi connectivity index (χ1v) is 9.91. The lowest BCUT2D eigenvalue weighted by molar-refractivity contribution is -0.544. The van der Waals surface area contributed by atoms with Gasteiger partial charge in [0.15, 0.2) is 11.6 Å². The molecule has 0 aromatic rings. The summed E-state index contributed by atoms with van der Waals surface area (Å²) in [5.74, 6) is 2.25. The van der Waals surface area contributed by atoms with E-state index in [1.165, 1.54) is 6.42 Å². The standard InChI is InChI=1S/C19H20O6/c1-2-11-17-13-9-7-8-12(13)16(17,10(1)24-25-11)18(20-3-4-21-18)14(8)15(9)19(17)22-5-6-23-19/h1-2,8-15H,3-7H2/t8-,9+,10+,11-,12-,13+,14+,15-,16-,17+. The van der Waals surface area contributed by atoms with E-state index < -0.39 is 11.6 Å². The van der Waals surface area contributed by atoms with Crippen LogP contribution in [0.3, 0.4) is 0 Å². The number of hydrogen-bond acceptors (Lipinski definition) is 6. The largest absolute Gasteiger partial charge is 0.346 e. The quantitative estimate of drug-likeness (QED) is 0.480. The summed E-state index contributed by atoms with van der Waals surface area (Å²) in [6, 6.07) is 0. The molecular formula is C19H20O6. The van der Waals surface area contributed by atoms with Crippen molar-refractivity contribution in [3.63, 3.8) is 0 Å². The Hall–Kier alpha value is -0.500. The average molecular weight is 344 g/mol. The summed E-state index contributed by atoms with van der Waals surface area (Å²) in [6.45, 7) is 2.75. The van der Waals surface area contributed by atoms with Crippen LogP contribution in [0.25, 0.3) is 0 Å². The summed E-state index contributed by atoms with van der Waals surface area (Å²) in [4.78, 5) is 11.9. The van der Waals surface area contributed by atoms with Gasteiger partial charge < -0.3 is 18.9 Å². The zero-order valence-electron chi connectivity index (χ0n) is 13.8. The van der Waals surface area contributed by atoms with Crippen molar-refractivity contribution >= 4 is 0 Å². The highest BCUT2D eigenvalue weighted by Gasteiger charge is 3.08. The van der Waals surface area contributed by atoms with E-state index in [1.807, 2.05) is 0 Å². The molecule has 6 aliphatic carbocycles. The predicted molar refractivity (Wildman–Crippen MR) is 78.6 cm³/mol. The number of hydrogen-bond donors (Lipinski definition) is 0. The van der Waals surface area contributed by atoms with Crippen molar-refractivity contribution in [2.45, 2.75) is 30.2 Å². The van der Waals surface area contributed by atoms with Crippen LogP contribution in [-0.4, -0.2) is 50.2 Å². The molecule has 6 heteroatoms. The molecule has 5 saturated carbocycles. The predicted octanol–water partition coefficient (Wildman–Crippen LogP) is 0.869. The van der Waals surface area contributed by atoms with E-state index in [1.54, 1.807) is 0 Å². The molecule has 10 aliphatic rings. The Balaban J connectivity index is 1.46. The Labute approximate surface area is 144 Å². The third kappa shape index (κ3) is 0.774. The summed E-state index contributed by atoms with van der Waals surface area (Å²) in [5.41, 5.74) is -0.416. The first kappa shape index (κ1) is 12.8. The molecule has 4 aliphatic heterocycles. The van der Waals surface area contributed by atoms with E-state index in [4.69, 9.17) is 28.7 Å². The molecule has 10 rings (SSSR count). The van der Waals surface area contributed by atoms with Gasteiger partial charge in [0.2, 0.25) is 0 Å². The first-order valence-electron chi connectivity index (χ1n) is 9.91. The molecule has 8 fully saturated rings. The van der Waals surface area contributed by atoms with Crippen LogP contribution in [0.1, 0.15) is 6.42 Å². The molecule has 4 bridgehead atoms. The normalized spacial score (nSPS) is 69.4. The summed E-state index contributed by atoms with van der Waals surface area (Å²) in [7, 11) is 0. The van der Waals surface area contributed by atoms with E-state index in [2.05, 4.69) is 12.2 Å². The molecule has 25 heavy (non-hydrogen) atoms. The summed E-state index contributed by atoms with van der Waals surface area (Å²) in [5, 5.41) is 0. The third-order valence-corrected chi connectivity index (χ3v) is 9.98. The number of ether oxygens (including phenoxy) is 4. The smallest absolute Gasteiger partial charge is 0.181 e. The molecule has 6 nitrogen and oxygen atoms in total. The molecule has 0 N–H and O–H groups in total. The fraction of sp³-hybridized carbons (Fsp3) is 0.895. The molecular weight excluding hydrogens is 324 g/mol. The average Bonchev–Trinajstić information content (AvgIpc) is 3.38. The Kier molecular flexibility index (Phi) is 1.67. The van der Waals surface area contributed by atoms with Crippen molar-refractivity contribution < 1.29 is 28.7 Å². The second-order valence-electron chi connectivity index (χ2n) is 9.55. The van der Waals surface area contributed by atoms with E-state index >= 15 is 0 Å². The molecule has 4 heterocycles. The van der Waals surface area contributed by atoms with E-state index in [-0.39, 0.29) is 23.0 Å². The Morgan fingerprint density at radius 3 is 1.44 bits per heavy atom. The third-order valence-electron chi connectivity index (χ3n) is 9.98. The second kappa shape index (κ2) is 3.25. The monoisotopic (exact) mass is 344 g/mol. The minimum absolute atomic E-state index is 0.119. The SMILES string of the molecule is C1=C[C@H]2OO[C@@H]1[C@]13[C@@H]4[C@H]5C[C@@H]6[C@H]([C@H]5C15OCCO5)C1(OCCO1)[C@]23[C@@H]64. The summed E-state index contributed by atoms with van der Waals surface area (Å²) >= 11 is 0. The summed E-state index contributed by atoms with van der Waals surface area (Å²) in [6.07, 6.45) is 5.45. The van der Waals surface area contributed by atoms with Gasteiger partial charge in [0.05, 0.1) is 37.3 Å². The van der Waals surface area contributed by atoms with Gasteiger partial charge in [0.25, 0.3) is 0 Å². The number of rotatable bonds is 0. The Bertz CT molecular complexity index is 706. The van der Waals surface area contributed by atoms with Gasteiger partial charge in [-0.2, -0.15) is 0 Å². The topological polar surface area (TPSA) is 55.4 Å². The molecule has 0 amide bonds. The molecule has 0 unspecified atom stereocenters. The molecule has 0 aromatic carbocycles. The fourth-order valence-electron chi connectivity index (χ4n) is 10.5. The van der Waals surface area contributed by atoms with Gasteiger partial charge in [-0.05, 0) is 30.1 Å². The van der Waals surface area contributed by atoms with Crippen LogP contribution in [0, 0.1) is 46.3 Å². The minimum atomic E-state index is -0.521. The molecule has 4 spiro atoms. The zero-order chi connectivity index (χ0) is 15.8. The van der Waals surface area contributed by atoms with Crippen molar-refractivity contribution in [1.29, 1.82) is 0 Å². The van der Waals surface area contributed by atoms with Crippen molar-refractivity contribution in [1.82, 2.24) is 0 Å². The molecule has 0 radical (unpaired) electrons. The fourth-order valence-corrected chi connectivity index (χ4v) is 10.5. The highest BCUT2D eigenvalue weighted by atomic mass is 17.2. The molecule has 3 saturated heterocycles. The Morgan fingerprint density at radius 2 is 1.04 bits per heavy atom. The van der Waals surface area contributed by atoms with Gasteiger partial charge in [0.1, 0.15) is 12.2 Å². The molecule has 10 atom stereocenters. The van der Waals surface area contributed by atoms with Gasteiger partial charge >= 0.3 is 0 Å². The van der Waals surface area contributed by atoms with Crippen molar-refractivity contribution in [2.24, 2.45) is 46.3 Å². The van der Waals surface area contributed by atoms with Crippen LogP contribution in [0.5, 0.6) is 0 Å². The molecule has 0 aromatic heterocycles. The van der Waals surface area contributed by atoms with Gasteiger partial charge in [-0.1, -0.05) is 12.2 Å². The van der Waals surface area contributed by atoms with E-state index in [0.717, 1.165) is 0 Å². The van der Waals surface area contributed by atoms with Gasteiger partial charge in [-0.15, -0.1) is 0 Å². The van der Waals surface area contributed by atoms with Crippen molar-refractivity contribution in [3.8, 4) is 0 Å². The van der Waals surface area contributed by atoms with Crippen LogP contribution >= 0.6 is 0 Å². The number of fused-ring (bicyclic) bond motifs is 4. The van der Waals surface area contributed by atoms with E-state index in [0.29, 0.717) is 61.9 Å². The highest BCUT2D eigenvalue weighted by molar-refractivity contribution is 5.52. The van der Waals surface area contributed by atoms with Gasteiger partial charge in [-0.3, -0.25) is 0 Å². The maximum atomic E-state index is 6.57.